The third-order valence-electron chi connectivity index (χ3n) is 2.16. The molecule has 0 aliphatic carbocycles. The minimum absolute atomic E-state index is 0.446. The first-order chi connectivity index (χ1) is 7.22. The summed E-state index contributed by atoms with van der Waals surface area (Å²) in [4.78, 5) is 8.51. The number of hydrogen-bond acceptors (Lipinski definition) is 4. The Morgan fingerprint density at radius 3 is 2.80 bits per heavy atom. The largest absolute Gasteiger partial charge is 0.326 e. The number of rotatable bonds is 2. The minimum Gasteiger partial charge on any atom is -0.326 e. The maximum absolute atomic E-state index is 5.64. The van der Waals surface area contributed by atoms with Crippen LogP contribution in [0.1, 0.15) is 17.2 Å². The van der Waals surface area contributed by atoms with Crippen molar-refractivity contribution in [1.82, 2.24) is 19.7 Å². The zero-order valence-corrected chi connectivity index (χ0v) is 8.81. The summed E-state index contributed by atoms with van der Waals surface area (Å²) in [5.41, 5.74) is 6.61. The van der Waals surface area contributed by atoms with Crippen LogP contribution in [0.15, 0.2) is 18.3 Å². The summed E-state index contributed by atoms with van der Waals surface area (Å²) in [6.45, 7) is 4.20. The Kier molecular flexibility index (Phi) is 2.47. The fourth-order valence-corrected chi connectivity index (χ4v) is 1.50. The molecule has 15 heavy (non-hydrogen) atoms. The predicted octanol–water partition coefficient (Wildman–Crippen LogP) is 0.738. The molecule has 2 heterocycles. The van der Waals surface area contributed by atoms with E-state index in [2.05, 4.69) is 15.1 Å². The molecule has 0 unspecified atom stereocenters. The highest BCUT2D eigenvalue weighted by Crippen LogP contribution is 2.11. The normalized spacial score (nSPS) is 10.6. The highest BCUT2D eigenvalue weighted by molar-refractivity contribution is 5.33. The summed E-state index contributed by atoms with van der Waals surface area (Å²) in [6.07, 6.45) is 1.73. The van der Waals surface area contributed by atoms with Gasteiger partial charge in [-0.3, -0.25) is 0 Å². The van der Waals surface area contributed by atoms with Crippen molar-refractivity contribution < 1.29 is 0 Å². The summed E-state index contributed by atoms with van der Waals surface area (Å²) in [6, 6.07) is 3.81. The summed E-state index contributed by atoms with van der Waals surface area (Å²) in [7, 11) is 0. The van der Waals surface area contributed by atoms with E-state index < -0.39 is 0 Å². The monoisotopic (exact) mass is 203 g/mol. The van der Waals surface area contributed by atoms with E-state index in [0.29, 0.717) is 6.54 Å². The highest BCUT2D eigenvalue weighted by atomic mass is 15.4. The first-order valence-electron chi connectivity index (χ1n) is 4.77. The van der Waals surface area contributed by atoms with Crippen molar-refractivity contribution in [2.24, 2.45) is 5.73 Å². The molecular weight excluding hydrogens is 190 g/mol. The lowest BCUT2D eigenvalue weighted by Gasteiger charge is -2.06. The summed E-state index contributed by atoms with van der Waals surface area (Å²) in [5, 5.41) is 4.28. The van der Waals surface area contributed by atoms with Crippen molar-refractivity contribution >= 4 is 0 Å². The Morgan fingerprint density at radius 2 is 2.20 bits per heavy atom. The molecule has 0 aliphatic heterocycles. The van der Waals surface area contributed by atoms with Crippen LogP contribution in [0.2, 0.25) is 0 Å². The van der Waals surface area contributed by atoms with E-state index in [1.165, 1.54) is 0 Å². The average Bonchev–Trinajstić information content (AvgIpc) is 2.57. The molecule has 0 saturated heterocycles. The minimum atomic E-state index is 0.446. The Balaban J connectivity index is 2.58. The van der Waals surface area contributed by atoms with Crippen molar-refractivity contribution in [1.29, 1.82) is 0 Å². The third-order valence-corrected chi connectivity index (χ3v) is 2.16. The van der Waals surface area contributed by atoms with Crippen LogP contribution in [0.3, 0.4) is 0 Å². The van der Waals surface area contributed by atoms with Crippen LogP contribution in [0, 0.1) is 13.8 Å². The Morgan fingerprint density at radius 1 is 1.40 bits per heavy atom. The van der Waals surface area contributed by atoms with Crippen molar-refractivity contribution in [3.05, 3.63) is 35.5 Å². The average molecular weight is 203 g/mol. The smallest absolute Gasteiger partial charge is 0.159 e. The molecule has 0 radical (unpaired) electrons. The van der Waals surface area contributed by atoms with Gasteiger partial charge in [-0.05, 0) is 19.9 Å². The predicted molar refractivity (Wildman–Crippen MR) is 56.5 cm³/mol. The van der Waals surface area contributed by atoms with Crippen LogP contribution >= 0.6 is 0 Å². The van der Waals surface area contributed by atoms with Gasteiger partial charge in [0.05, 0.1) is 0 Å². The molecule has 78 valence electrons. The van der Waals surface area contributed by atoms with Gasteiger partial charge in [-0.15, -0.1) is 5.10 Å². The van der Waals surface area contributed by atoms with E-state index in [1.807, 2.05) is 26.0 Å². The number of aromatic nitrogens is 4. The van der Waals surface area contributed by atoms with Crippen LogP contribution in [-0.4, -0.2) is 19.7 Å². The molecule has 2 aromatic rings. The van der Waals surface area contributed by atoms with Gasteiger partial charge in [0.1, 0.15) is 11.6 Å². The summed E-state index contributed by atoms with van der Waals surface area (Å²) in [5.74, 6) is 2.32. The van der Waals surface area contributed by atoms with Crippen molar-refractivity contribution in [3.8, 4) is 5.82 Å². The highest BCUT2D eigenvalue weighted by Gasteiger charge is 2.09. The van der Waals surface area contributed by atoms with E-state index >= 15 is 0 Å². The topological polar surface area (TPSA) is 69.6 Å². The second-order valence-corrected chi connectivity index (χ2v) is 3.31. The van der Waals surface area contributed by atoms with Gasteiger partial charge in [0, 0.05) is 18.3 Å². The standard InChI is InChI=1S/C10H13N5/c1-7-13-8(2)15(14-7)10-9(6-11)4-3-5-12-10/h3-5H,6,11H2,1-2H3. The second kappa shape index (κ2) is 3.78. The summed E-state index contributed by atoms with van der Waals surface area (Å²) < 4.78 is 1.72. The summed E-state index contributed by atoms with van der Waals surface area (Å²) >= 11 is 0. The van der Waals surface area contributed by atoms with E-state index in [1.54, 1.807) is 10.9 Å². The van der Waals surface area contributed by atoms with Gasteiger partial charge < -0.3 is 5.73 Å². The van der Waals surface area contributed by atoms with E-state index in [9.17, 15) is 0 Å². The molecule has 0 aliphatic rings. The molecule has 0 atom stereocenters. The molecule has 2 rings (SSSR count). The molecule has 0 bridgehead atoms. The van der Waals surface area contributed by atoms with Gasteiger partial charge in [-0.2, -0.15) is 4.68 Å². The quantitative estimate of drug-likeness (QED) is 0.781. The van der Waals surface area contributed by atoms with Crippen LogP contribution in [-0.2, 0) is 6.54 Å². The zero-order valence-electron chi connectivity index (χ0n) is 8.81. The van der Waals surface area contributed by atoms with Gasteiger partial charge in [0.15, 0.2) is 5.82 Å². The molecule has 0 amide bonds. The van der Waals surface area contributed by atoms with Gasteiger partial charge in [0.25, 0.3) is 0 Å². The van der Waals surface area contributed by atoms with Crippen LogP contribution in [0.5, 0.6) is 0 Å². The van der Waals surface area contributed by atoms with E-state index in [4.69, 9.17) is 5.73 Å². The fraction of sp³-hybridized carbons (Fsp3) is 0.300. The molecule has 0 saturated carbocycles. The molecule has 0 aromatic carbocycles. The molecule has 5 nitrogen and oxygen atoms in total. The first kappa shape index (κ1) is 9.79. The third kappa shape index (κ3) is 1.73. The van der Waals surface area contributed by atoms with Gasteiger partial charge in [-0.25, -0.2) is 9.97 Å². The first-order valence-corrected chi connectivity index (χ1v) is 4.77. The second-order valence-electron chi connectivity index (χ2n) is 3.31. The Labute approximate surface area is 88.0 Å². The van der Waals surface area contributed by atoms with Crippen molar-refractivity contribution in [3.63, 3.8) is 0 Å². The van der Waals surface area contributed by atoms with Crippen LogP contribution < -0.4 is 5.73 Å². The number of hydrogen-bond donors (Lipinski definition) is 1. The maximum Gasteiger partial charge on any atom is 0.159 e. The molecule has 0 spiro atoms. The molecule has 5 heteroatoms. The molecule has 2 N–H and O–H groups in total. The fourth-order valence-electron chi connectivity index (χ4n) is 1.50. The van der Waals surface area contributed by atoms with Crippen LogP contribution in [0.25, 0.3) is 5.82 Å². The van der Waals surface area contributed by atoms with Crippen LogP contribution in [0.4, 0.5) is 0 Å². The van der Waals surface area contributed by atoms with Gasteiger partial charge >= 0.3 is 0 Å². The number of nitrogens with two attached hydrogens (primary N) is 1. The lowest BCUT2D eigenvalue weighted by atomic mass is 10.2. The molecular formula is C10H13N5. The number of aryl methyl sites for hydroxylation is 2. The Hall–Kier alpha value is -1.75. The lowest BCUT2D eigenvalue weighted by molar-refractivity contribution is 0.786. The zero-order chi connectivity index (χ0) is 10.8. The lowest BCUT2D eigenvalue weighted by Crippen LogP contribution is -2.09. The van der Waals surface area contributed by atoms with E-state index in [-0.39, 0.29) is 0 Å². The van der Waals surface area contributed by atoms with Crippen molar-refractivity contribution in [2.75, 3.05) is 0 Å². The van der Waals surface area contributed by atoms with Crippen molar-refractivity contribution in [2.45, 2.75) is 20.4 Å². The van der Waals surface area contributed by atoms with E-state index in [0.717, 1.165) is 23.0 Å². The molecule has 2 aromatic heterocycles. The molecule has 0 fully saturated rings. The van der Waals surface area contributed by atoms with Gasteiger partial charge in [-0.1, -0.05) is 6.07 Å². The maximum atomic E-state index is 5.64. The number of nitrogens with zero attached hydrogens (tertiary/aromatic N) is 4. The Bertz CT molecular complexity index is 474. The van der Waals surface area contributed by atoms with Gasteiger partial charge in [0.2, 0.25) is 0 Å². The number of pyridine rings is 1. The SMILES string of the molecule is Cc1nc(C)n(-c2ncccc2CN)n1.